The number of carboxylic acid groups (broad SMARTS) is 4. The van der Waals surface area contributed by atoms with Gasteiger partial charge in [0.15, 0.2) is 5.96 Å². The van der Waals surface area contributed by atoms with Crippen molar-refractivity contribution in [2.45, 2.75) is 114 Å². The first-order valence-electron chi connectivity index (χ1n) is 19.8. The summed E-state index contributed by atoms with van der Waals surface area (Å²) in [5.74, 6) is -15.1. The Morgan fingerprint density at radius 3 is 1.56 bits per heavy atom. The number of nitrogens with two attached hydrogens (primary N) is 4. The summed E-state index contributed by atoms with van der Waals surface area (Å²) in [5, 5.41) is 51.6. The van der Waals surface area contributed by atoms with Crippen LogP contribution in [0, 0.1) is 5.92 Å². The van der Waals surface area contributed by atoms with E-state index in [9.17, 15) is 73.2 Å². The summed E-state index contributed by atoms with van der Waals surface area (Å²) in [6, 6.07) is -3.76. The van der Waals surface area contributed by atoms with Crippen LogP contribution in [0.25, 0.3) is 0 Å². The molecule has 0 aliphatic carbocycles. The van der Waals surface area contributed by atoms with Crippen LogP contribution >= 0.6 is 0 Å². The molecule has 0 saturated carbocycles. The maximum Gasteiger partial charge on any atom is 0.326 e. The van der Waals surface area contributed by atoms with Gasteiger partial charge in [-0.25, -0.2) is 4.79 Å². The van der Waals surface area contributed by atoms with Crippen LogP contribution in [-0.4, -0.2) is 140 Å². The summed E-state index contributed by atoms with van der Waals surface area (Å²) < 4.78 is 0. The SMILES string of the molecule is CC[C@H](C)[C@H](NC(=O)[C@H](CCC(=O)O)NC(=O)[C@H](CC(=O)O)NC(=O)[C@H](Cc1ccccc1)NC(=O)[C@@H](N)CC(N)=O)C(=O)N[C@@H](CC(=O)O)C(=O)N[C@@H](CCCN=C(N)N)C(=O)O. The number of rotatable bonds is 30. The van der Waals surface area contributed by atoms with Gasteiger partial charge in [0.25, 0.3) is 0 Å². The molecule has 1 aromatic rings. The van der Waals surface area contributed by atoms with E-state index in [0.29, 0.717) is 5.56 Å². The molecule has 1 rings (SSSR count). The van der Waals surface area contributed by atoms with E-state index in [1.807, 2.05) is 0 Å². The number of amides is 7. The molecule has 0 radical (unpaired) electrons. The van der Waals surface area contributed by atoms with Gasteiger partial charge in [-0.3, -0.25) is 52.9 Å². The zero-order valence-electron chi connectivity index (χ0n) is 35.1. The van der Waals surface area contributed by atoms with Gasteiger partial charge in [-0.05, 0) is 30.7 Å². The minimum Gasteiger partial charge on any atom is -0.481 e. The molecular formula is C38H57N11O15. The first kappa shape index (κ1) is 54.6. The summed E-state index contributed by atoms with van der Waals surface area (Å²) in [4.78, 5) is 143. The number of hydrogen-bond donors (Lipinski definition) is 14. The molecule has 0 saturated heterocycles. The minimum atomic E-state index is -1.97. The zero-order chi connectivity index (χ0) is 48.7. The molecule has 26 heteroatoms. The molecule has 0 heterocycles. The Morgan fingerprint density at radius 2 is 1.08 bits per heavy atom. The second-order valence-corrected chi connectivity index (χ2v) is 14.6. The third-order valence-electron chi connectivity index (χ3n) is 9.33. The second kappa shape index (κ2) is 27.5. The number of nitrogens with one attached hydrogen (secondary N) is 6. The number of guanidine groups is 1. The van der Waals surface area contributed by atoms with Crippen LogP contribution in [-0.2, 0) is 59.2 Å². The number of benzene rings is 1. The normalized spacial score (nSPS) is 14.5. The fraction of sp³-hybridized carbons (Fsp3) is 0.526. The Balaban J connectivity index is 3.43. The van der Waals surface area contributed by atoms with Crippen molar-refractivity contribution in [3.05, 3.63) is 35.9 Å². The quantitative estimate of drug-likeness (QED) is 0.0196. The molecule has 0 fully saturated rings. The van der Waals surface area contributed by atoms with Gasteiger partial charge in [0.1, 0.15) is 36.3 Å². The van der Waals surface area contributed by atoms with Crippen molar-refractivity contribution < 1.29 is 73.2 Å². The maximum atomic E-state index is 13.8. The van der Waals surface area contributed by atoms with Gasteiger partial charge in [-0.1, -0.05) is 50.6 Å². The number of aliphatic imine (C=N–C) groups is 1. The number of carboxylic acids is 4. The van der Waals surface area contributed by atoms with Crippen LogP contribution in [0.15, 0.2) is 35.3 Å². The first-order chi connectivity index (χ1) is 29.9. The van der Waals surface area contributed by atoms with Crippen LogP contribution in [0.1, 0.15) is 70.8 Å². The Bertz CT molecular complexity index is 1880. The maximum absolute atomic E-state index is 13.8. The highest BCUT2D eigenvalue weighted by molar-refractivity contribution is 5.99. The fourth-order valence-electron chi connectivity index (χ4n) is 5.75. The summed E-state index contributed by atoms with van der Waals surface area (Å²) in [6.45, 7) is 3.07. The van der Waals surface area contributed by atoms with Crippen molar-refractivity contribution in [3.63, 3.8) is 0 Å². The Morgan fingerprint density at radius 1 is 0.594 bits per heavy atom. The predicted octanol–water partition coefficient (Wildman–Crippen LogP) is -4.66. The third kappa shape index (κ3) is 20.9. The van der Waals surface area contributed by atoms with E-state index in [2.05, 4.69) is 36.9 Å². The Labute approximate surface area is 366 Å². The van der Waals surface area contributed by atoms with E-state index in [1.165, 1.54) is 6.92 Å². The number of carbonyl (C=O) groups excluding carboxylic acids is 7. The Hall–Kier alpha value is -7.38. The summed E-state index contributed by atoms with van der Waals surface area (Å²) in [7, 11) is 0. The lowest BCUT2D eigenvalue weighted by Gasteiger charge is -2.29. The van der Waals surface area contributed by atoms with E-state index in [0.717, 1.165) is 0 Å². The first-order valence-corrected chi connectivity index (χ1v) is 19.8. The molecule has 0 aromatic heterocycles. The van der Waals surface area contributed by atoms with Crippen LogP contribution in [0.3, 0.4) is 0 Å². The van der Waals surface area contributed by atoms with Crippen molar-refractivity contribution in [3.8, 4) is 0 Å². The lowest BCUT2D eigenvalue weighted by Crippen LogP contribution is -2.61. The number of hydrogen-bond acceptors (Lipinski definition) is 13. The number of primary amides is 1. The van der Waals surface area contributed by atoms with Gasteiger partial charge >= 0.3 is 23.9 Å². The van der Waals surface area contributed by atoms with E-state index in [-0.39, 0.29) is 38.2 Å². The third-order valence-corrected chi connectivity index (χ3v) is 9.33. The standard InChI is InChI=1S/C38H57N11O15/c1-3-18(2)30(36(62)48-25(17-29(55)56)35(61)45-22(37(63)64)10-7-13-43-38(41)42)49-32(58)21(11-12-27(51)52)44-34(60)24(16-28(53)54)47-33(59)23(14-19-8-5-4-6-9-19)46-31(57)20(39)15-26(40)50/h4-6,8-9,18,20-25,30H,3,7,10-17,39H2,1-2H3,(H2,40,50)(H,44,60)(H,45,61)(H,46,57)(H,47,59)(H,48,62)(H,49,58)(H,51,52)(H,53,54)(H,55,56)(H,63,64)(H4,41,42,43)/t18-,20-,21-,22-,23-,24-,25-,30-/m0/s1. The minimum absolute atomic E-state index is 0.00157. The zero-order valence-corrected chi connectivity index (χ0v) is 35.1. The summed E-state index contributed by atoms with van der Waals surface area (Å²) in [6.07, 6.45) is -4.31. The van der Waals surface area contributed by atoms with E-state index >= 15 is 0 Å². The average molecular weight is 908 g/mol. The highest BCUT2D eigenvalue weighted by Crippen LogP contribution is 2.12. The van der Waals surface area contributed by atoms with Crippen LogP contribution in [0.4, 0.5) is 0 Å². The van der Waals surface area contributed by atoms with Gasteiger partial charge < -0.3 is 75.3 Å². The number of carbonyl (C=O) groups is 11. The van der Waals surface area contributed by atoms with E-state index < -0.39 is 146 Å². The fourth-order valence-corrected chi connectivity index (χ4v) is 5.75. The van der Waals surface area contributed by atoms with Crippen molar-refractivity contribution in [1.29, 1.82) is 0 Å². The van der Waals surface area contributed by atoms with Gasteiger partial charge in [0.2, 0.25) is 41.4 Å². The molecule has 0 aliphatic heterocycles. The highest BCUT2D eigenvalue weighted by atomic mass is 16.4. The predicted molar refractivity (Wildman–Crippen MR) is 222 cm³/mol. The molecule has 8 atom stereocenters. The topological polar surface area (TPSA) is 457 Å². The van der Waals surface area contributed by atoms with Crippen LogP contribution in [0.2, 0.25) is 0 Å². The number of nitrogens with zero attached hydrogens (tertiary/aromatic N) is 1. The largest absolute Gasteiger partial charge is 0.481 e. The van der Waals surface area contributed by atoms with Crippen LogP contribution < -0.4 is 54.8 Å². The van der Waals surface area contributed by atoms with Gasteiger partial charge in [0.05, 0.1) is 25.3 Å². The molecule has 0 unspecified atom stereocenters. The lowest BCUT2D eigenvalue weighted by atomic mass is 9.96. The summed E-state index contributed by atoms with van der Waals surface area (Å²) in [5.41, 5.74) is 21.9. The van der Waals surface area contributed by atoms with Gasteiger partial charge in [-0.15, -0.1) is 0 Å². The van der Waals surface area contributed by atoms with Crippen molar-refractivity contribution in [1.82, 2.24) is 31.9 Å². The van der Waals surface area contributed by atoms with Crippen LogP contribution in [0.5, 0.6) is 0 Å². The van der Waals surface area contributed by atoms with Gasteiger partial charge in [-0.2, -0.15) is 0 Å². The molecule has 0 aliphatic rings. The monoisotopic (exact) mass is 907 g/mol. The molecule has 26 nitrogen and oxygen atoms in total. The molecule has 354 valence electrons. The number of aliphatic carboxylic acids is 4. The summed E-state index contributed by atoms with van der Waals surface area (Å²) >= 11 is 0. The lowest BCUT2D eigenvalue weighted by molar-refractivity contribution is -0.144. The van der Waals surface area contributed by atoms with Gasteiger partial charge in [0, 0.05) is 19.4 Å². The Kier molecular flexibility index (Phi) is 23.5. The molecule has 18 N–H and O–H groups in total. The molecule has 64 heavy (non-hydrogen) atoms. The van der Waals surface area contributed by atoms with Crippen molar-refractivity contribution in [2.24, 2.45) is 33.8 Å². The van der Waals surface area contributed by atoms with Crippen molar-refractivity contribution >= 4 is 71.2 Å². The second-order valence-electron chi connectivity index (χ2n) is 14.6. The molecule has 0 spiro atoms. The smallest absolute Gasteiger partial charge is 0.326 e. The highest BCUT2D eigenvalue weighted by Gasteiger charge is 2.36. The average Bonchev–Trinajstić information content (AvgIpc) is 3.20. The van der Waals surface area contributed by atoms with Crippen molar-refractivity contribution in [2.75, 3.05) is 6.54 Å². The molecule has 7 amide bonds. The molecule has 1 aromatic carbocycles. The molecular weight excluding hydrogens is 850 g/mol. The molecule has 0 bridgehead atoms. The van der Waals surface area contributed by atoms with E-state index in [4.69, 9.17) is 22.9 Å². The van der Waals surface area contributed by atoms with E-state index in [1.54, 1.807) is 37.3 Å².